The smallest absolute Gasteiger partial charge is 0.0191 e. The van der Waals surface area contributed by atoms with Crippen molar-refractivity contribution in [1.82, 2.24) is 5.32 Å². The summed E-state index contributed by atoms with van der Waals surface area (Å²) < 4.78 is 0. The van der Waals surface area contributed by atoms with Gasteiger partial charge in [0.2, 0.25) is 0 Å². The van der Waals surface area contributed by atoms with E-state index < -0.39 is 0 Å². The molecule has 0 aliphatic rings. The lowest BCUT2D eigenvalue weighted by Gasteiger charge is -2.09. The monoisotopic (exact) mass is 181 g/mol. The predicted molar refractivity (Wildman–Crippen MR) is 55.7 cm³/mol. The maximum absolute atomic E-state index is 3.17. The molecule has 0 amide bonds. The van der Waals surface area contributed by atoms with E-state index in [9.17, 15) is 0 Å². The first-order chi connectivity index (χ1) is 5.83. The van der Waals surface area contributed by atoms with Crippen molar-refractivity contribution in [2.75, 3.05) is 13.6 Å². The van der Waals surface area contributed by atoms with Gasteiger partial charge >= 0.3 is 0 Å². The Bertz CT molecular complexity index is 210. The molecule has 0 fully saturated rings. The van der Waals surface area contributed by atoms with E-state index >= 15 is 0 Å². The highest BCUT2D eigenvalue weighted by Gasteiger charge is 2.01. The van der Waals surface area contributed by atoms with Crippen molar-refractivity contribution < 1.29 is 0 Å². The zero-order valence-corrected chi connectivity index (χ0v) is 8.40. The van der Waals surface area contributed by atoms with E-state index in [4.69, 9.17) is 0 Å². The molecule has 1 unspecified atom stereocenters. The minimum atomic E-state index is 0.636. The summed E-state index contributed by atoms with van der Waals surface area (Å²) in [4.78, 5) is 1.35. The molecule has 0 aromatic heterocycles. The van der Waals surface area contributed by atoms with E-state index in [1.165, 1.54) is 4.90 Å². The zero-order chi connectivity index (χ0) is 8.81. The predicted octanol–water partition coefficient (Wildman–Crippen LogP) is 2.39. The Morgan fingerprint density at radius 2 is 2.00 bits per heavy atom. The quantitative estimate of drug-likeness (QED) is 0.716. The van der Waals surface area contributed by atoms with E-state index in [1.54, 1.807) is 0 Å². The van der Waals surface area contributed by atoms with E-state index in [0.29, 0.717) is 5.25 Å². The van der Waals surface area contributed by atoms with Gasteiger partial charge in [-0.25, -0.2) is 0 Å². The van der Waals surface area contributed by atoms with Crippen molar-refractivity contribution >= 4 is 11.8 Å². The number of hydrogen-bond acceptors (Lipinski definition) is 2. The fourth-order valence-corrected chi connectivity index (χ4v) is 2.09. The van der Waals surface area contributed by atoms with Crippen molar-refractivity contribution in [3.63, 3.8) is 0 Å². The van der Waals surface area contributed by atoms with Gasteiger partial charge in [0.15, 0.2) is 0 Å². The second-order valence-corrected chi connectivity index (χ2v) is 4.31. The van der Waals surface area contributed by atoms with Gasteiger partial charge in [0.25, 0.3) is 0 Å². The molecule has 0 saturated heterocycles. The van der Waals surface area contributed by atoms with Gasteiger partial charge < -0.3 is 5.32 Å². The largest absolute Gasteiger partial charge is 0.319 e. The average Bonchev–Trinajstić information content (AvgIpc) is 2.06. The molecule has 1 aromatic rings. The SMILES string of the molecule is CNCC(C)Sc1ccccc1. The molecule has 0 aliphatic heterocycles. The molecule has 12 heavy (non-hydrogen) atoms. The van der Waals surface area contributed by atoms with Crippen LogP contribution in [0.5, 0.6) is 0 Å². The average molecular weight is 181 g/mol. The Hall–Kier alpha value is -0.470. The molecule has 0 radical (unpaired) electrons. The summed E-state index contributed by atoms with van der Waals surface area (Å²) in [6.45, 7) is 3.29. The minimum Gasteiger partial charge on any atom is -0.319 e. The van der Waals surface area contributed by atoms with Crippen molar-refractivity contribution in [2.45, 2.75) is 17.1 Å². The molecule has 0 heterocycles. The minimum absolute atomic E-state index is 0.636. The van der Waals surface area contributed by atoms with Gasteiger partial charge in [0.1, 0.15) is 0 Å². The van der Waals surface area contributed by atoms with Gasteiger partial charge in [-0.1, -0.05) is 25.1 Å². The molecule has 66 valence electrons. The van der Waals surface area contributed by atoms with Gasteiger partial charge in [-0.15, -0.1) is 11.8 Å². The summed E-state index contributed by atoms with van der Waals surface area (Å²) in [5, 5.41) is 3.80. The maximum atomic E-state index is 3.17. The van der Waals surface area contributed by atoms with Crippen molar-refractivity contribution in [2.24, 2.45) is 0 Å². The van der Waals surface area contributed by atoms with Crippen molar-refractivity contribution in [3.8, 4) is 0 Å². The first-order valence-electron chi connectivity index (χ1n) is 4.19. The summed E-state index contributed by atoms with van der Waals surface area (Å²) in [5.41, 5.74) is 0. The van der Waals surface area contributed by atoms with Crippen LogP contribution >= 0.6 is 11.8 Å². The summed E-state index contributed by atoms with van der Waals surface area (Å²) in [6, 6.07) is 10.5. The molecule has 0 aliphatic carbocycles. The fraction of sp³-hybridized carbons (Fsp3) is 0.400. The van der Waals surface area contributed by atoms with Crippen LogP contribution in [-0.4, -0.2) is 18.8 Å². The van der Waals surface area contributed by atoms with Crippen LogP contribution in [0.25, 0.3) is 0 Å². The maximum Gasteiger partial charge on any atom is 0.0191 e. The Morgan fingerprint density at radius 3 is 2.58 bits per heavy atom. The Kier molecular flexibility index (Phi) is 4.19. The molecule has 1 rings (SSSR count). The lowest BCUT2D eigenvalue weighted by atomic mass is 10.4. The van der Waals surface area contributed by atoms with Gasteiger partial charge in [0, 0.05) is 16.7 Å². The molecule has 1 N–H and O–H groups in total. The van der Waals surface area contributed by atoms with Crippen LogP contribution in [0.1, 0.15) is 6.92 Å². The molecule has 0 spiro atoms. The first-order valence-corrected chi connectivity index (χ1v) is 5.07. The lowest BCUT2D eigenvalue weighted by molar-refractivity contribution is 0.785. The molecule has 0 bridgehead atoms. The molecule has 2 heteroatoms. The third-order valence-corrected chi connectivity index (χ3v) is 2.69. The van der Waals surface area contributed by atoms with Gasteiger partial charge in [-0.3, -0.25) is 0 Å². The second-order valence-electron chi connectivity index (χ2n) is 2.80. The number of thioether (sulfide) groups is 1. The summed E-state index contributed by atoms with van der Waals surface area (Å²) in [7, 11) is 1.99. The van der Waals surface area contributed by atoms with E-state index in [1.807, 2.05) is 24.9 Å². The Balaban J connectivity index is 2.41. The van der Waals surface area contributed by atoms with Crippen LogP contribution < -0.4 is 5.32 Å². The summed E-state index contributed by atoms with van der Waals surface area (Å²) in [6.07, 6.45) is 0. The van der Waals surface area contributed by atoms with E-state index in [0.717, 1.165) is 6.54 Å². The number of nitrogens with one attached hydrogen (secondary N) is 1. The molecular formula is C10H15NS. The fourth-order valence-electron chi connectivity index (χ4n) is 1.06. The molecule has 1 nitrogen and oxygen atoms in total. The Morgan fingerprint density at radius 1 is 1.33 bits per heavy atom. The normalized spacial score (nSPS) is 12.8. The highest BCUT2D eigenvalue weighted by Crippen LogP contribution is 2.21. The third kappa shape index (κ3) is 3.28. The molecule has 0 saturated carbocycles. The third-order valence-electron chi connectivity index (χ3n) is 1.57. The number of benzene rings is 1. The lowest BCUT2D eigenvalue weighted by Crippen LogP contribution is -2.17. The van der Waals surface area contributed by atoms with Crippen LogP contribution in [-0.2, 0) is 0 Å². The zero-order valence-electron chi connectivity index (χ0n) is 7.58. The Labute approximate surface area is 78.6 Å². The van der Waals surface area contributed by atoms with Gasteiger partial charge in [-0.05, 0) is 19.2 Å². The second kappa shape index (κ2) is 5.22. The standard InChI is InChI=1S/C10H15NS/c1-9(8-11-2)12-10-6-4-3-5-7-10/h3-7,9,11H,8H2,1-2H3. The van der Waals surface area contributed by atoms with Crippen molar-refractivity contribution in [1.29, 1.82) is 0 Å². The van der Waals surface area contributed by atoms with Crippen LogP contribution in [0.2, 0.25) is 0 Å². The number of hydrogen-bond donors (Lipinski definition) is 1. The van der Waals surface area contributed by atoms with E-state index in [2.05, 4.69) is 36.5 Å². The van der Waals surface area contributed by atoms with Crippen molar-refractivity contribution in [3.05, 3.63) is 30.3 Å². The molecular weight excluding hydrogens is 166 g/mol. The van der Waals surface area contributed by atoms with Gasteiger partial charge in [0.05, 0.1) is 0 Å². The van der Waals surface area contributed by atoms with Crippen LogP contribution in [0.4, 0.5) is 0 Å². The summed E-state index contributed by atoms with van der Waals surface area (Å²) in [5.74, 6) is 0. The van der Waals surface area contributed by atoms with Crippen LogP contribution in [0.3, 0.4) is 0 Å². The molecule has 1 atom stereocenters. The summed E-state index contributed by atoms with van der Waals surface area (Å²) >= 11 is 1.91. The highest BCUT2D eigenvalue weighted by molar-refractivity contribution is 8.00. The van der Waals surface area contributed by atoms with E-state index in [-0.39, 0.29) is 0 Å². The van der Waals surface area contributed by atoms with Gasteiger partial charge in [-0.2, -0.15) is 0 Å². The number of rotatable bonds is 4. The molecule has 1 aromatic carbocycles. The van der Waals surface area contributed by atoms with Crippen LogP contribution in [0.15, 0.2) is 35.2 Å². The highest BCUT2D eigenvalue weighted by atomic mass is 32.2. The topological polar surface area (TPSA) is 12.0 Å². The van der Waals surface area contributed by atoms with Crippen LogP contribution in [0, 0.1) is 0 Å². The first kappa shape index (κ1) is 9.62.